The van der Waals surface area contributed by atoms with Crippen LogP contribution in [0.25, 0.3) is 0 Å². The van der Waals surface area contributed by atoms with Crippen molar-refractivity contribution >= 4 is 0 Å². The van der Waals surface area contributed by atoms with Gasteiger partial charge in [-0.1, -0.05) is 174 Å². The van der Waals surface area contributed by atoms with Crippen LogP contribution in [0.4, 0.5) is 0 Å². The van der Waals surface area contributed by atoms with Crippen molar-refractivity contribution < 1.29 is 5.11 Å². The highest BCUT2D eigenvalue weighted by Crippen LogP contribution is 2.20. The van der Waals surface area contributed by atoms with E-state index in [1.807, 2.05) is 13.1 Å². The van der Waals surface area contributed by atoms with Crippen LogP contribution in [0.2, 0.25) is 0 Å². The second kappa shape index (κ2) is 30.7. The fraction of sp³-hybridized carbons (Fsp3) is 0.865. The van der Waals surface area contributed by atoms with E-state index in [0.717, 1.165) is 25.0 Å². The maximum Gasteiger partial charge on any atom is 0.0933 e. The van der Waals surface area contributed by atoms with Crippen LogP contribution in [0.15, 0.2) is 24.4 Å². The minimum Gasteiger partial charge on any atom is -0.387 e. The molecular formula is C37H70N2O. The molecule has 0 saturated carbocycles. The summed E-state index contributed by atoms with van der Waals surface area (Å²) in [7, 11) is 1.99. The summed E-state index contributed by atoms with van der Waals surface area (Å²) in [6.45, 7) is 8.84. The topological polar surface area (TPSA) is 47.3 Å². The first-order valence-electron chi connectivity index (χ1n) is 17.7. The fourth-order valence-corrected chi connectivity index (χ4v) is 5.63. The average Bonchev–Trinajstić information content (AvgIpc) is 2.96. The molecule has 0 aliphatic rings. The Hall–Kier alpha value is -1.27. The second-order valence-corrected chi connectivity index (χ2v) is 12.3. The molecule has 0 aromatic carbocycles. The number of nitriles is 1. The van der Waals surface area contributed by atoms with Crippen LogP contribution in [0.3, 0.4) is 0 Å². The molecule has 0 spiro atoms. The Labute approximate surface area is 251 Å². The molecule has 0 radical (unpaired) electrons. The number of aliphatic hydroxyl groups excluding tert-OH is 1. The molecule has 0 bridgehead atoms. The number of likely N-dealkylation sites (N-methyl/N-ethyl adjacent to an activating group) is 1. The lowest BCUT2D eigenvalue weighted by atomic mass is 10.0. The van der Waals surface area contributed by atoms with Crippen molar-refractivity contribution in [3.63, 3.8) is 0 Å². The Bertz CT molecular complexity index is 608. The summed E-state index contributed by atoms with van der Waals surface area (Å²) in [6, 6.07) is 2.06. The van der Waals surface area contributed by atoms with E-state index in [2.05, 4.69) is 37.5 Å². The zero-order valence-corrected chi connectivity index (χ0v) is 27.5. The predicted octanol–water partition coefficient (Wildman–Crippen LogP) is 11.8. The lowest BCUT2D eigenvalue weighted by Gasteiger charge is -2.32. The second-order valence-electron chi connectivity index (χ2n) is 12.3. The van der Waals surface area contributed by atoms with Crippen molar-refractivity contribution in [2.75, 3.05) is 7.05 Å². The first-order chi connectivity index (χ1) is 19.6. The van der Waals surface area contributed by atoms with E-state index in [4.69, 9.17) is 0 Å². The van der Waals surface area contributed by atoms with E-state index in [-0.39, 0.29) is 6.04 Å². The van der Waals surface area contributed by atoms with Crippen LogP contribution in [0.1, 0.15) is 187 Å². The smallest absolute Gasteiger partial charge is 0.0933 e. The minimum absolute atomic E-state index is 0.215. The van der Waals surface area contributed by atoms with Gasteiger partial charge in [-0.15, -0.1) is 0 Å². The Morgan fingerprint density at radius 2 is 1.05 bits per heavy atom. The number of allylic oxidation sites excluding steroid dienone is 2. The first kappa shape index (κ1) is 38.7. The maximum atomic E-state index is 10.8. The molecule has 0 aromatic rings. The van der Waals surface area contributed by atoms with Gasteiger partial charge in [-0.2, -0.15) is 5.26 Å². The average molecular weight is 559 g/mol. The molecule has 0 aliphatic carbocycles. The van der Waals surface area contributed by atoms with Crippen LogP contribution in [-0.4, -0.2) is 29.2 Å². The molecule has 0 rings (SSSR count). The zero-order valence-electron chi connectivity index (χ0n) is 27.5. The van der Waals surface area contributed by atoms with Crippen LogP contribution in [0, 0.1) is 11.3 Å². The van der Waals surface area contributed by atoms with E-state index >= 15 is 0 Å². The highest BCUT2D eigenvalue weighted by molar-refractivity contribution is 5.04. The van der Waals surface area contributed by atoms with Crippen LogP contribution in [-0.2, 0) is 0 Å². The van der Waals surface area contributed by atoms with Crippen molar-refractivity contribution in [2.24, 2.45) is 0 Å². The van der Waals surface area contributed by atoms with E-state index in [1.54, 1.807) is 0 Å². The van der Waals surface area contributed by atoms with Gasteiger partial charge in [-0.05, 0) is 25.7 Å². The number of nitrogens with zero attached hydrogens (tertiary/aromatic N) is 2. The standard InChI is InChI=1S/C37H70N2O/c1-5-7-9-11-13-15-17-19-21-23-25-27-29-31-35(3)39(4)36(33-34-38)37(40)32-30-28-26-24-22-20-18-16-14-12-10-8-6-2/h30,32,36-37,40H,3,5-29,31,33H2,1-2,4H3/b32-30+/t36-,37?/m0/s1. The van der Waals surface area contributed by atoms with Gasteiger partial charge in [-0.3, -0.25) is 0 Å². The molecule has 0 heterocycles. The van der Waals surface area contributed by atoms with Gasteiger partial charge in [0, 0.05) is 12.7 Å². The van der Waals surface area contributed by atoms with Crippen LogP contribution in [0.5, 0.6) is 0 Å². The highest BCUT2D eigenvalue weighted by atomic mass is 16.3. The molecular weight excluding hydrogens is 488 g/mol. The third-order valence-corrected chi connectivity index (χ3v) is 8.57. The molecule has 0 aromatic heterocycles. The minimum atomic E-state index is -0.624. The lowest BCUT2D eigenvalue weighted by Crippen LogP contribution is -2.39. The summed E-state index contributed by atoms with van der Waals surface area (Å²) < 4.78 is 0. The number of hydrogen-bond donors (Lipinski definition) is 1. The van der Waals surface area contributed by atoms with Gasteiger partial charge < -0.3 is 10.0 Å². The predicted molar refractivity (Wildman–Crippen MR) is 177 cm³/mol. The Morgan fingerprint density at radius 3 is 1.45 bits per heavy atom. The number of rotatable bonds is 31. The van der Waals surface area contributed by atoms with E-state index in [0.29, 0.717) is 6.42 Å². The van der Waals surface area contributed by atoms with Crippen molar-refractivity contribution in [3.05, 3.63) is 24.4 Å². The summed E-state index contributed by atoms with van der Waals surface area (Å²) >= 11 is 0. The molecule has 1 N–H and O–H groups in total. The molecule has 3 heteroatoms. The monoisotopic (exact) mass is 559 g/mol. The third-order valence-electron chi connectivity index (χ3n) is 8.57. The third kappa shape index (κ3) is 24.5. The molecule has 1 unspecified atom stereocenters. The van der Waals surface area contributed by atoms with Crippen molar-refractivity contribution in [1.29, 1.82) is 5.26 Å². The molecule has 2 atom stereocenters. The maximum absolute atomic E-state index is 10.8. The molecule has 0 fully saturated rings. The van der Waals surface area contributed by atoms with Gasteiger partial charge in [0.25, 0.3) is 0 Å². The van der Waals surface area contributed by atoms with Crippen molar-refractivity contribution in [3.8, 4) is 6.07 Å². The summed E-state index contributed by atoms with van der Waals surface area (Å²) in [5.74, 6) is 0. The van der Waals surface area contributed by atoms with Gasteiger partial charge in [-0.25, -0.2) is 0 Å². The molecule has 0 aliphatic heterocycles. The number of unbranched alkanes of at least 4 members (excludes halogenated alkanes) is 23. The summed E-state index contributed by atoms with van der Waals surface area (Å²) in [5, 5.41) is 20.2. The molecule has 0 saturated heterocycles. The largest absolute Gasteiger partial charge is 0.387 e. The number of aliphatic hydroxyl groups is 1. The normalized spacial score (nSPS) is 13.0. The van der Waals surface area contributed by atoms with E-state index in [9.17, 15) is 10.4 Å². The zero-order chi connectivity index (χ0) is 29.5. The fourth-order valence-electron chi connectivity index (χ4n) is 5.63. The quantitative estimate of drug-likeness (QED) is 0.0679. The Balaban J connectivity index is 3.91. The number of hydrogen-bond acceptors (Lipinski definition) is 3. The van der Waals surface area contributed by atoms with Crippen molar-refractivity contribution in [2.45, 2.75) is 199 Å². The van der Waals surface area contributed by atoms with E-state index < -0.39 is 6.10 Å². The molecule has 0 amide bonds. The summed E-state index contributed by atoms with van der Waals surface area (Å²) in [6.07, 6.45) is 38.2. The SMILES string of the molecule is C=C(CCCCCCCCCCCCCCC)N(C)[C@@H](CC#N)C(O)/C=C/CCCCCCCCCCCCC. The lowest BCUT2D eigenvalue weighted by molar-refractivity contribution is 0.116. The Kier molecular flexibility index (Phi) is 29.7. The summed E-state index contributed by atoms with van der Waals surface area (Å²) in [4.78, 5) is 2.06. The van der Waals surface area contributed by atoms with Gasteiger partial charge in [0.05, 0.1) is 24.6 Å². The van der Waals surface area contributed by atoms with Gasteiger partial charge in [0.15, 0.2) is 0 Å². The first-order valence-corrected chi connectivity index (χ1v) is 17.7. The van der Waals surface area contributed by atoms with Crippen LogP contribution < -0.4 is 0 Å². The molecule has 234 valence electrons. The van der Waals surface area contributed by atoms with Gasteiger partial charge >= 0.3 is 0 Å². The van der Waals surface area contributed by atoms with Gasteiger partial charge in [0.2, 0.25) is 0 Å². The van der Waals surface area contributed by atoms with Crippen LogP contribution >= 0.6 is 0 Å². The highest BCUT2D eigenvalue weighted by Gasteiger charge is 2.22. The van der Waals surface area contributed by atoms with E-state index in [1.165, 1.54) is 148 Å². The molecule has 40 heavy (non-hydrogen) atoms. The summed E-state index contributed by atoms with van der Waals surface area (Å²) in [5.41, 5.74) is 1.04. The van der Waals surface area contributed by atoms with Crippen molar-refractivity contribution in [1.82, 2.24) is 4.90 Å². The molecule has 3 nitrogen and oxygen atoms in total. The van der Waals surface area contributed by atoms with Gasteiger partial charge in [0.1, 0.15) is 0 Å². The Morgan fingerprint density at radius 1 is 0.675 bits per heavy atom.